The minimum atomic E-state index is -0.581. The van der Waals surface area contributed by atoms with Gasteiger partial charge in [-0.25, -0.2) is 14.8 Å². The lowest BCUT2D eigenvalue weighted by atomic mass is 10.1. The predicted octanol–water partition coefficient (Wildman–Crippen LogP) is 2.86. The molecule has 1 heterocycles. The van der Waals surface area contributed by atoms with Gasteiger partial charge in [0.05, 0.1) is 34.5 Å². The molecular weight excluding hydrogens is 379 g/mol. The van der Waals surface area contributed by atoms with E-state index in [0.717, 1.165) is 22.7 Å². The number of hydrogen-bond acceptors (Lipinski definition) is 4. The number of aromatic nitrogens is 2. The van der Waals surface area contributed by atoms with Crippen molar-refractivity contribution >= 4 is 39.1 Å². The van der Waals surface area contributed by atoms with E-state index in [-0.39, 0.29) is 28.1 Å². The second kappa shape index (κ2) is 6.79. The van der Waals surface area contributed by atoms with Crippen LogP contribution in [0.25, 0.3) is 11.0 Å². The van der Waals surface area contributed by atoms with Crippen molar-refractivity contribution in [2.24, 2.45) is 5.10 Å². The molecule has 0 bridgehead atoms. The number of imidazole rings is 1. The van der Waals surface area contributed by atoms with Gasteiger partial charge in [-0.05, 0) is 39.7 Å². The zero-order valence-corrected chi connectivity index (χ0v) is 13.8. The molecule has 0 aliphatic heterocycles. The third kappa shape index (κ3) is 3.60. The average Bonchev–Trinajstić information content (AvgIpc) is 3.00. The Morgan fingerprint density at radius 3 is 3.08 bits per heavy atom. The van der Waals surface area contributed by atoms with Crippen molar-refractivity contribution in [2.45, 2.75) is 6.42 Å². The van der Waals surface area contributed by atoms with Crippen LogP contribution in [0.4, 0.5) is 4.39 Å². The summed E-state index contributed by atoms with van der Waals surface area (Å²) in [6.45, 7) is 0. The highest BCUT2D eigenvalue weighted by atomic mass is 79.9. The lowest BCUT2D eigenvalue weighted by Gasteiger charge is -2.02. The van der Waals surface area contributed by atoms with Crippen molar-refractivity contribution in [3.8, 4) is 5.75 Å². The Labute approximate surface area is 144 Å². The van der Waals surface area contributed by atoms with Crippen molar-refractivity contribution in [1.29, 1.82) is 0 Å². The lowest BCUT2D eigenvalue weighted by Crippen LogP contribution is -2.19. The molecule has 0 saturated carbocycles. The van der Waals surface area contributed by atoms with E-state index in [1.54, 1.807) is 6.33 Å². The van der Waals surface area contributed by atoms with Gasteiger partial charge in [0.1, 0.15) is 11.6 Å². The Morgan fingerprint density at radius 2 is 2.25 bits per heavy atom. The van der Waals surface area contributed by atoms with Crippen molar-refractivity contribution in [1.82, 2.24) is 15.4 Å². The number of nitrogens with one attached hydrogen (secondary N) is 2. The summed E-state index contributed by atoms with van der Waals surface area (Å²) in [7, 11) is 0. The summed E-state index contributed by atoms with van der Waals surface area (Å²) >= 11 is 3.02. The van der Waals surface area contributed by atoms with Gasteiger partial charge in [0.2, 0.25) is 5.91 Å². The summed E-state index contributed by atoms with van der Waals surface area (Å²) in [5.74, 6) is -1.16. The molecular formula is C16H12BrFN4O2. The first kappa shape index (κ1) is 16.1. The fraction of sp³-hybridized carbons (Fsp3) is 0.0625. The van der Waals surface area contributed by atoms with Gasteiger partial charge in [0.15, 0.2) is 0 Å². The standard InChI is InChI=1S/C16H12BrFN4O2/c17-11-5-10(15(23)6-12(11)18)7-21-22-16(24)4-9-1-2-13-14(3-9)20-8-19-13/h1-3,5-8,23H,4H2,(H,19,20)(H,22,24)/b21-7+. The third-order valence-electron chi connectivity index (χ3n) is 3.31. The summed E-state index contributed by atoms with van der Waals surface area (Å²) in [4.78, 5) is 19.0. The number of phenolic OH excluding ortho intramolecular Hbond substituents is 1. The molecule has 0 aliphatic carbocycles. The van der Waals surface area contributed by atoms with Gasteiger partial charge >= 0.3 is 0 Å². The van der Waals surface area contributed by atoms with Crippen molar-refractivity contribution in [2.75, 3.05) is 0 Å². The SMILES string of the molecule is O=C(Cc1ccc2nc[nH]c2c1)N/N=C/c1cc(Br)c(F)cc1O. The molecule has 1 aromatic heterocycles. The van der Waals surface area contributed by atoms with Crippen LogP contribution in [-0.2, 0) is 11.2 Å². The van der Waals surface area contributed by atoms with E-state index in [4.69, 9.17) is 0 Å². The number of carbonyl (C=O) groups is 1. The molecule has 0 unspecified atom stereocenters. The van der Waals surface area contributed by atoms with Crippen LogP contribution >= 0.6 is 15.9 Å². The summed E-state index contributed by atoms with van der Waals surface area (Å²) in [6.07, 6.45) is 2.98. The van der Waals surface area contributed by atoms with Crippen LogP contribution < -0.4 is 5.43 Å². The number of carbonyl (C=O) groups excluding carboxylic acids is 1. The Bertz CT molecular complexity index is 939. The van der Waals surface area contributed by atoms with Gasteiger partial charge in [0.25, 0.3) is 0 Å². The quantitative estimate of drug-likeness (QED) is 0.472. The normalized spacial score (nSPS) is 11.2. The van der Waals surface area contributed by atoms with Crippen molar-refractivity contribution in [3.05, 3.63) is 58.1 Å². The first-order valence-electron chi connectivity index (χ1n) is 6.95. The van der Waals surface area contributed by atoms with Gasteiger partial charge in [0, 0.05) is 11.6 Å². The number of nitrogens with zero attached hydrogens (tertiary/aromatic N) is 2. The highest BCUT2D eigenvalue weighted by Crippen LogP contribution is 2.24. The molecule has 1 amide bonds. The molecule has 2 aromatic carbocycles. The number of benzene rings is 2. The first-order valence-corrected chi connectivity index (χ1v) is 7.74. The Hall–Kier alpha value is -2.74. The summed E-state index contributed by atoms with van der Waals surface area (Å²) in [5, 5.41) is 13.4. The first-order chi connectivity index (χ1) is 11.5. The van der Waals surface area contributed by atoms with Crippen LogP contribution in [0.1, 0.15) is 11.1 Å². The minimum absolute atomic E-state index is 0.144. The molecule has 0 saturated heterocycles. The van der Waals surface area contributed by atoms with Gasteiger partial charge < -0.3 is 10.1 Å². The van der Waals surface area contributed by atoms with Crippen molar-refractivity contribution in [3.63, 3.8) is 0 Å². The Kier molecular flexibility index (Phi) is 4.57. The molecule has 0 aliphatic rings. The fourth-order valence-corrected chi connectivity index (χ4v) is 2.51. The molecule has 3 rings (SSSR count). The fourth-order valence-electron chi connectivity index (χ4n) is 2.15. The van der Waals surface area contributed by atoms with E-state index in [9.17, 15) is 14.3 Å². The number of aromatic amines is 1. The third-order valence-corrected chi connectivity index (χ3v) is 3.92. The zero-order valence-electron chi connectivity index (χ0n) is 12.3. The zero-order chi connectivity index (χ0) is 17.1. The number of aromatic hydroxyl groups is 1. The maximum absolute atomic E-state index is 13.2. The summed E-state index contributed by atoms with van der Waals surface area (Å²) in [5.41, 5.74) is 5.14. The summed E-state index contributed by atoms with van der Waals surface area (Å²) in [6, 6.07) is 7.81. The van der Waals surface area contributed by atoms with Crippen LogP contribution in [0, 0.1) is 5.82 Å². The van der Waals surface area contributed by atoms with Crippen LogP contribution in [0.15, 0.2) is 46.2 Å². The molecule has 24 heavy (non-hydrogen) atoms. The molecule has 3 N–H and O–H groups in total. The van der Waals surface area contributed by atoms with E-state index in [1.165, 1.54) is 12.3 Å². The molecule has 0 fully saturated rings. The average molecular weight is 391 g/mol. The number of fused-ring (bicyclic) bond motifs is 1. The number of halogens is 2. The highest BCUT2D eigenvalue weighted by molar-refractivity contribution is 9.10. The van der Waals surface area contributed by atoms with Gasteiger partial charge in [-0.3, -0.25) is 4.79 Å². The predicted molar refractivity (Wildman–Crippen MR) is 91.3 cm³/mol. The Morgan fingerprint density at radius 1 is 1.42 bits per heavy atom. The minimum Gasteiger partial charge on any atom is -0.507 e. The highest BCUT2D eigenvalue weighted by Gasteiger charge is 2.07. The van der Waals surface area contributed by atoms with Gasteiger partial charge in [-0.2, -0.15) is 5.10 Å². The molecule has 8 heteroatoms. The van der Waals surface area contributed by atoms with Gasteiger partial charge in [-0.1, -0.05) is 6.07 Å². The second-order valence-electron chi connectivity index (χ2n) is 5.05. The van der Waals surface area contributed by atoms with E-state index in [2.05, 4.69) is 36.4 Å². The van der Waals surface area contributed by atoms with E-state index < -0.39 is 5.82 Å². The lowest BCUT2D eigenvalue weighted by molar-refractivity contribution is -0.120. The maximum Gasteiger partial charge on any atom is 0.244 e. The number of amides is 1. The van der Waals surface area contributed by atoms with E-state index >= 15 is 0 Å². The van der Waals surface area contributed by atoms with Crippen LogP contribution in [-0.4, -0.2) is 27.2 Å². The second-order valence-corrected chi connectivity index (χ2v) is 5.90. The Balaban J connectivity index is 1.63. The molecule has 0 atom stereocenters. The number of hydrogen-bond donors (Lipinski definition) is 3. The number of H-pyrrole nitrogens is 1. The number of hydrazone groups is 1. The largest absolute Gasteiger partial charge is 0.507 e. The van der Waals surface area contributed by atoms with Gasteiger partial charge in [-0.15, -0.1) is 0 Å². The number of rotatable bonds is 4. The molecule has 0 spiro atoms. The molecule has 3 aromatic rings. The van der Waals surface area contributed by atoms with E-state index in [0.29, 0.717) is 0 Å². The van der Waals surface area contributed by atoms with E-state index in [1.807, 2.05) is 18.2 Å². The topological polar surface area (TPSA) is 90.4 Å². The summed E-state index contributed by atoms with van der Waals surface area (Å²) < 4.78 is 13.4. The number of phenols is 1. The molecule has 6 nitrogen and oxygen atoms in total. The van der Waals surface area contributed by atoms with Crippen LogP contribution in [0.3, 0.4) is 0 Å². The smallest absolute Gasteiger partial charge is 0.244 e. The maximum atomic E-state index is 13.2. The molecule has 122 valence electrons. The molecule has 0 radical (unpaired) electrons. The monoisotopic (exact) mass is 390 g/mol. The van der Waals surface area contributed by atoms with Crippen molar-refractivity contribution < 1.29 is 14.3 Å². The van der Waals surface area contributed by atoms with Crippen LogP contribution in [0.2, 0.25) is 0 Å². The van der Waals surface area contributed by atoms with Crippen LogP contribution in [0.5, 0.6) is 5.75 Å².